The van der Waals surface area contributed by atoms with E-state index in [0.29, 0.717) is 35.7 Å². The summed E-state index contributed by atoms with van der Waals surface area (Å²) in [5.74, 6) is 1.63. The Hall–Kier alpha value is -2.72. The molecule has 32 heavy (non-hydrogen) atoms. The molecule has 0 spiro atoms. The number of hydrogen-bond donors (Lipinski definition) is 3. The molecule has 3 rings (SSSR count). The van der Waals surface area contributed by atoms with E-state index in [0.717, 1.165) is 44.6 Å². The number of ether oxygens (including phenoxy) is 1. The Labute approximate surface area is 188 Å². The third kappa shape index (κ3) is 6.39. The molecule has 0 radical (unpaired) electrons. The van der Waals surface area contributed by atoms with Crippen LogP contribution in [0.5, 0.6) is 5.88 Å². The van der Waals surface area contributed by atoms with Gasteiger partial charge in [0.2, 0.25) is 5.88 Å². The summed E-state index contributed by atoms with van der Waals surface area (Å²) in [5, 5.41) is 24.5. The Kier molecular flexibility index (Phi) is 8.40. The third-order valence-electron chi connectivity index (χ3n) is 5.61. The zero-order valence-corrected chi connectivity index (χ0v) is 19.0. The van der Waals surface area contributed by atoms with E-state index >= 15 is 0 Å². The molecule has 1 amide bonds. The fraction of sp³-hybridized carbons (Fsp3) is 0.636. The highest BCUT2D eigenvalue weighted by Crippen LogP contribution is 2.26. The molecule has 10 heteroatoms. The number of anilines is 1. The number of piperidine rings is 1. The summed E-state index contributed by atoms with van der Waals surface area (Å²) in [5.41, 5.74) is 0.831. The van der Waals surface area contributed by atoms with Gasteiger partial charge in [0.1, 0.15) is 6.23 Å². The zero-order valence-electron chi connectivity index (χ0n) is 19.0. The number of carbonyl (C=O) groups is 1. The number of rotatable bonds is 10. The van der Waals surface area contributed by atoms with E-state index in [1.54, 1.807) is 19.1 Å². The number of aryl methyl sites for hydroxylation is 1. The molecule has 1 aliphatic rings. The van der Waals surface area contributed by atoms with Crippen LogP contribution in [0.25, 0.3) is 0 Å². The summed E-state index contributed by atoms with van der Waals surface area (Å²) in [6, 6.07) is 3.87. The summed E-state index contributed by atoms with van der Waals surface area (Å²) in [6.45, 7) is 7.65. The normalized spacial score (nSPS) is 15.8. The van der Waals surface area contributed by atoms with Gasteiger partial charge in [0.25, 0.3) is 5.91 Å². The number of aliphatic hydroxyl groups is 2. The predicted molar refractivity (Wildman–Crippen MR) is 118 cm³/mol. The lowest BCUT2D eigenvalue weighted by Crippen LogP contribution is -2.37. The topological polar surface area (TPSA) is 134 Å². The van der Waals surface area contributed by atoms with Gasteiger partial charge in [0.15, 0.2) is 5.82 Å². The van der Waals surface area contributed by atoms with Crippen molar-refractivity contribution in [2.75, 3.05) is 31.2 Å². The van der Waals surface area contributed by atoms with Gasteiger partial charge in [-0.05, 0) is 44.6 Å². The van der Waals surface area contributed by atoms with Crippen LogP contribution in [-0.2, 0) is 0 Å². The number of carbonyl (C=O) groups excluding carboxylic acids is 1. The summed E-state index contributed by atoms with van der Waals surface area (Å²) in [7, 11) is 0. The molecule has 176 valence electrons. The van der Waals surface area contributed by atoms with E-state index in [1.807, 2.05) is 0 Å². The van der Waals surface area contributed by atoms with Gasteiger partial charge in [-0.3, -0.25) is 4.79 Å². The maximum atomic E-state index is 12.0. The molecule has 1 fully saturated rings. The van der Waals surface area contributed by atoms with Crippen molar-refractivity contribution in [3.63, 3.8) is 0 Å². The first-order valence-corrected chi connectivity index (χ1v) is 11.2. The molecular weight excluding hydrogens is 414 g/mol. The standard InChI is InChI=1S/C22H33N5O5/c1-14(2)20-25-22(32-26-20)27-10-8-16(9-11-27)5-4-12-31-19-7-6-17(15(3)23-19)21(30)24-18(29)13-28/h6-7,14,16,18,28-29H,4-5,8-13H2,1-3H3,(H,24,30)/t18-/m1/s1. The van der Waals surface area contributed by atoms with E-state index in [1.165, 1.54) is 0 Å². The van der Waals surface area contributed by atoms with Crippen LogP contribution in [0.2, 0.25) is 0 Å². The summed E-state index contributed by atoms with van der Waals surface area (Å²) >= 11 is 0. The molecule has 0 aliphatic carbocycles. The fourth-order valence-corrected chi connectivity index (χ4v) is 3.68. The zero-order chi connectivity index (χ0) is 23.1. The summed E-state index contributed by atoms with van der Waals surface area (Å²) in [6.07, 6.45) is 2.87. The van der Waals surface area contributed by atoms with Crippen molar-refractivity contribution < 1.29 is 24.3 Å². The van der Waals surface area contributed by atoms with Crippen LogP contribution in [0.1, 0.15) is 67.3 Å². The number of nitrogens with one attached hydrogen (secondary N) is 1. The second-order valence-electron chi connectivity index (χ2n) is 8.47. The highest BCUT2D eigenvalue weighted by Gasteiger charge is 2.23. The minimum absolute atomic E-state index is 0.260. The second-order valence-corrected chi connectivity index (χ2v) is 8.47. The largest absolute Gasteiger partial charge is 0.478 e. The lowest BCUT2D eigenvalue weighted by atomic mass is 9.92. The van der Waals surface area contributed by atoms with Gasteiger partial charge in [-0.2, -0.15) is 4.98 Å². The van der Waals surface area contributed by atoms with Gasteiger partial charge in [0, 0.05) is 25.1 Å². The number of nitrogens with zero attached hydrogens (tertiary/aromatic N) is 4. The molecule has 10 nitrogen and oxygen atoms in total. The Bertz CT molecular complexity index is 879. The van der Waals surface area contributed by atoms with Gasteiger partial charge in [0.05, 0.1) is 24.5 Å². The number of amides is 1. The number of hydrogen-bond acceptors (Lipinski definition) is 9. The monoisotopic (exact) mass is 447 g/mol. The van der Waals surface area contributed by atoms with Crippen LogP contribution in [0.15, 0.2) is 16.7 Å². The SMILES string of the molecule is Cc1nc(OCCCC2CCN(c3nc(C(C)C)no3)CC2)ccc1C(=O)N[C@H](O)CO. The predicted octanol–water partition coefficient (Wildman–Crippen LogP) is 2.01. The number of aliphatic hydroxyl groups excluding tert-OH is 2. The van der Waals surface area contributed by atoms with Crippen LogP contribution in [0.3, 0.4) is 0 Å². The van der Waals surface area contributed by atoms with Gasteiger partial charge in [-0.1, -0.05) is 19.0 Å². The number of pyridine rings is 1. The Balaban J connectivity index is 1.37. The fourth-order valence-electron chi connectivity index (χ4n) is 3.68. The molecule has 1 saturated heterocycles. The summed E-state index contributed by atoms with van der Waals surface area (Å²) < 4.78 is 11.1. The Morgan fingerprint density at radius 3 is 2.69 bits per heavy atom. The first kappa shape index (κ1) is 23.9. The lowest BCUT2D eigenvalue weighted by molar-refractivity contribution is 0.0547. The van der Waals surface area contributed by atoms with Crippen molar-refractivity contribution in [2.45, 2.75) is 58.6 Å². The van der Waals surface area contributed by atoms with E-state index in [2.05, 4.69) is 39.2 Å². The Morgan fingerprint density at radius 2 is 2.06 bits per heavy atom. The maximum absolute atomic E-state index is 12.0. The highest BCUT2D eigenvalue weighted by molar-refractivity contribution is 5.95. The molecule has 2 aromatic heterocycles. The van der Waals surface area contributed by atoms with Crippen LogP contribution >= 0.6 is 0 Å². The first-order valence-electron chi connectivity index (χ1n) is 11.2. The van der Waals surface area contributed by atoms with Crippen molar-refractivity contribution in [3.8, 4) is 5.88 Å². The van der Waals surface area contributed by atoms with Gasteiger partial charge in [-0.15, -0.1) is 0 Å². The molecule has 0 aromatic carbocycles. The van der Waals surface area contributed by atoms with Crippen molar-refractivity contribution in [1.29, 1.82) is 0 Å². The van der Waals surface area contributed by atoms with Crippen LogP contribution in [0, 0.1) is 12.8 Å². The quantitative estimate of drug-likeness (QED) is 0.369. The highest BCUT2D eigenvalue weighted by atomic mass is 16.5. The molecule has 0 unspecified atom stereocenters. The van der Waals surface area contributed by atoms with Crippen LogP contribution < -0.4 is 15.0 Å². The van der Waals surface area contributed by atoms with E-state index in [4.69, 9.17) is 14.4 Å². The van der Waals surface area contributed by atoms with Crippen molar-refractivity contribution in [1.82, 2.24) is 20.4 Å². The van der Waals surface area contributed by atoms with Crippen LogP contribution in [-0.4, -0.2) is 63.8 Å². The van der Waals surface area contributed by atoms with E-state index in [-0.39, 0.29) is 5.92 Å². The van der Waals surface area contributed by atoms with E-state index in [9.17, 15) is 9.90 Å². The minimum Gasteiger partial charge on any atom is -0.478 e. The smallest absolute Gasteiger partial charge is 0.324 e. The molecule has 3 heterocycles. The molecular formula is C22H33N5O5. The van der Waals surface area contributed by atoms with Crippen molar-refractivity contribution in [2.24, 2.45) is 5.92 Å². The molecule has 1 atom stereocenters. The van der Waals surface area contributed by atoms with Crippen LogP contribution in [0.4, 0.5) is 6.01 Å². The maximum Gasteiger partial charge on any atom is 0.324 e. The first-order chi connectivity index (χ1) is 15.4. The second kappa shape index (κ2) is 11.2. The average molecular weight is 448 g/mol. The number of aromatic nitrogens is 3. The lowest BCUT2D eigenvalue weighted by Gasteiger charge is -2.30. The third-order valence-corrected chi connectivity index (χ3v) is 5.61. The van der Waals surface area contributed by atoms with Gasteiger partial charge >= 0.3 is 6.01 Å². The van der Waals surface area contributed by atoms with Gasteiger partial charge < -0.3 is 29.7 Å². The molecule has 0 bridgehead atoms. The van der Waals surface area contributed by atoms with Crippen molar-refractivity contribution in [3.05, 3.63) is 29.2 Å². The van der Waals surface area contributed by atoms with E-state index < -0.39 is 18.7 Å². The molecule has 3 N–H and O–H groups in total. The van der Waals surface area contributed by atoms with Gasteiger partial charge in [-0.25, -0.2) is 4.98 Å². The molecule has 1 aliphatic heterocycles. The van der Waals surface area contributed by atoms with Crippen molar-refractivity contribution >= 4 is 11.9 Å². The Morgan fingerprint density at radius 1 is 1.31 bits per heavy atom. The molecule has 0 saturated carbocycles. The minimum atomic E-state index is -1.30. The average Bonchev–Trinajstić information content (AvgIpc) is 3.28. The summed E-state index contributed by atoms with van der Waals surface area (Å²) in [4.78, 5) is 23.0. The molecule has 2 aromatic rings.